The molecule has 1 rings (SSSR count). The molecule has 4 nitrogen and oxygen atoms in total. The lowest BCUT2D eigenvalue weighted by atomic mass is 10.3. The summed E-state index contributed by atoms with van der Waals surface area (Å²) < 4.78 is 15.9. The zero-order valence-electron chi connectivity index (χ0n) is 8.67. The summed E-state index contributed by atoms with van der Waals surface area (Å²) in [6.07, 6.45) is 0. The van der Waals surface area contributed by atoms with Crippen molar-refractivity contribution in [3.05, 3.63) is 16.6 Å². The molecule has 82 valence electrons. The van der Waals surface area contributed by atoms with E-state index in [9.17, 15) is 4.79 Å². The first-order valence-corrected chi connectivity index (χ1v) is 4.98. The van der Waals surface area contributed by atoms with Crippen LogP contribution in [-0.2, 0) is 4.79 Å². The van der Waals surface area contributed by atoms with Gasteiger partial charge >= 0.3 is 5.97 Å². The van der Waals surface area contributed by atoms with Crippen LogP contribution in [0.25, 0.3) is 0 Å². The second-order valence-electron chi connectivity index (χ2n) is 2.71. The van der Waals surface area contributed by atoms with Crippen LogP contribution in [0.1, 0.15) is 6.92 Å². The van der Waals surface area contributed by atoms with Crippen molar-refractivity contribution < 1.29 is 19.0 Å². The highest BCUT2D eigenvalue weighted by Crippen LogP contribution is 2.42. The van der Waals surface area contributed by atoms with Crippen LogP contribution >= 0.6 is 15.9 Å². The van der Waals surface area contributed by atoms with Crippen LogP contribution in [0, 0.1) is 0 Å². The Balaban J connectivity index is 3.26. The normalized spacial score (nSPS) is 9.60. The van der Waals surface area contributed by atoms with E-state index in [1.165, 1.54) is 21.1 Å². The number of hydrogen-bond acceptors (Lipinski definition) is 4. The van der Waals surface area contributed by atoms with Crippen molar-refractivity contribution in [2.24, 2.45) is 0 Å². The number of carbonyl (C=O) groups excluding carboxylic acids is 1. The molecular weight excluding hydrogens is 264 g/mol. The van der Waals surface area contributed by atoms with Crippen LogP contribution in [0.2, 0.25) is 0 Å². The van der Waals surface area contributed by atoms with Crippen molar-refractivity contribution in [3.8, 4) is 17.2 Å². The molecule has 0 aliphatic carbocycles. The Morgan fingerprint density at radius 1 is 1.20 bits per heavy atom. The lowest BCUT2D eigenvalue weighted by Crippen LogP contribution is -2.05. The summed E-state index contributed by atoms with van der Waals surface area (Å²) in [6, 6.07) is 3.44. The monoisotopic (exact) mass is 274 g/mol. The standard InChI is InChI=1S/C10H11BrO4/c1-6(12)15-10-8(13-2)5-4-7(11)9(10)14-3/h4-5H,1-3H3. The molecule has 0 spiro atoms. The van der Waals surface area contributed by atoms with Gasteiger partial charge in [0.2, 0.25) is 5.75 Å². The molecule has 0 amide bonds. The van der Waals surface area contributed by atoms with Crippen LogP contribution in [0.4, 0.5) is 0 Å². The summed E-state index contributed by atoms with van der Waals surface area (Å²) in [5, 5.41) is 0. The van der Waals surface area contributed by atoms with Crippen molar-refractivity contribution >= 4 is 21.9 Å². The number of benzene rings is 1. The van der Waals surface area contributed by atoms with Gasteiger partial charge in [-0.3, -0.25) is 4.79 Å². The number of methoxy groups -OCH3 is 2. The molecule has 0 unspecified atom stereocenters. The maximum absolute atomic E-state index is 10.9. The summed E-state index contributed by atoms with van der Waals surface area (Å²) in [7, 11) is 2.99. The van der Waals surface area contributed by atoms with Crippen molar-refractivity contribution in [2.75, 3.05) is 14.2 Å². The van der Waals surface area contributed by atoms with Gasteiger partial charge in [-0.05, 0) is 28.1 Å². The van der Waals surface area contributed by atoms with E-state index in [-0.39, 0.29) is 5.75 Å². The molecular formula is C10H11BrO4. The van der Waals surface area contributed by atoms with Crippen LogP contribution in [0.3, 0.4) is 0 Å². The lowest BCUT2D eigenvalue weighted by molar-refractivity contribution is -0.132. The minimum Gasteiger partial charge on any atom is -0.493 e. The summed E-state index contributed by atoms with van der Waals surface area (Å²) in [5.41, 5.74) is 0. The second kappa shape index (κ2) is 5.02. The van der Waals surface area contributed by atoms with Crippen LogP contribution in [-0.4, -0.2) is 20.2 Å². The predicted molar refractivity (Wildman–Crippen MR) is 58.6 cm³/mol. The SMILES string of the molecule is COc1ccc(Br)c(OC)c1OC(C)=O. The lowest BCUT2D eigenvalue weighted by Gasteiger charge is -2.13. The van der Waals surface area contributed by atoms with E-state index in [2.05, 4.69) is 15.9 Å². The topological polar surface area (TPSA) is 44.8 Å². The largest absolute Gasteiger partial charge is 0.493 e. The number of carbonyl (C=O) groups is 1. The first-order valence-electron chi connectivity index (χ1n) is 4.19. The zero-order valence-corrected chi connectivity index (χ0v) is 10.3. The van der Waals surface area contributed by atoms with Gasteiger partial charge in [0, 0.05) is 6.92 Å². The maximum Gasteiger partial charge on any atom is 0.308 e. The van der Waals surface area contributed by atoms with Gasteiger partial charge in [-0.25, -0.2) is 0 Å². The molecule has 0 atom stereocenters. The summed E-state index contributed by atoms with van der Waals surface area (Å²) in [5.74, 6) is 0.737. The molecule has 5 heteroatoms. The van der Waals surface area contributed by atoms with E-state index in [1.807, 2.05) is 0 Å². The Bertz CT molecular complexity index is 376. The molecule has 1 aromatic rings. The van der Waals surface area contributed by atoms with Gasteiger partial charge in [0.25, 0.3) is 0 Å². The van der Waals surface area contributed by atoms with E-state index in [0.29, 0.717) is 16.0 Å². The third kappa shape index (κ3) is 2.62. The smallest absolute Gasteiger partial charge is 0.308 e. The molecule has 15 heavy (non-hydrogen) atoms. The second-order valence-corrected chi connectivity index (χ2v) is 3.56. The highest BCUT2D eigenvalue weighted by molar-refractivity contribution is 9.10. The Morgan fingerprint density at radius 2 is 1.87 bits per heavy atom. The predicted octanol–water partition coefficient (Wildman–Crippen LogP) is 2.39. The van der Waals surface area contributed by atoms with E-state index < -0.39 is 5.97 Å². The zero-order chi connectivity index (χ0) is 11.4. The maximum atomic E-state index is 10.9. The molecule has 1 aromatic carbocycles. The first kappa shape index (κ1) is 11.8. The van der Waals surface area contributed by atoms with E-state index >= 15 is 0 Å². The van der Waals surface area contributed by atoms with Crippen molar-refractivity contribution in [2.45, 2.75) is 6.92 Å². The molecule has 0 aliphatic heterocycles. The van der Waals surface area contributed by atoms with Gasteiger partial charge < -0.3 is 14.2 Å². The third-order valence-electron chi connectivity index (χ3n) is 1.70. The highest BCUT2D eigenvalue weighted by Gasteiger charge is 2.16. The van der Waals surface area contributed by atoms with Crippen LogP contribution < -0.4 is 14.2 Å². The highest BCUT2D eigenvalue weighted by atomic mass is 79.9. The fourth-order valence-corrected chi connectivity index (χ4v) is 1.59. The van der Waals surface area contributed by atoms with Gasteiger partial charge in [0.05, 0.1) is 18.7 Å². The van der Waals surface area contributed by atoms with Gasteiger partial charge in [-0.2, -0.15) is 0 Å². The summed E-state index contributed by atoms with van der Waals surface area (Å²) in [4.78, 5) is 10.9. The van der Waals surface area contributed by atoms with Gasteiger partial charge in [-0.1, -0.05) is 0 Å². The minimum atomic E-state index is -0.426. The Kier molecular flexibility index (Phi) is 3.96. The Morgan fingerprint density at radius 3 is 2.33 bits per heavy atom. The molecule has 0 aliphatic rings. The number of hydrogen-bond donors (Lipinski definition) is 0. The molecule has 0 radical (unpaired) electrons. The molecule has 0 bridgehead atoms. The van der Waals surface area contributed by atoms with Crippen molar-refractivity contribution in [3.63, 3.8) is 0 Å². The third-order valence-corrected chi connectivity index (χ3v) is 2.32. The Labute approximate surface area is 96.3 Å². The quantitative estimate of drug-likeness (QED) is 0.627. The number of ether oxygens (including phenoxy) is 3. The summed E-state index contributed by atoms with van der Waals surface area (Å²) >= 11 is 3.29. The van der Waals surface area contributed by atoms with E-state index in [4.69, 9.17) is 14.2 Å². The summed E-state index contributed by atoms with van der Waals surface area (Å²) in [6.45, 7) is 1.32. The first-order chi connectivity index (χ1) is 7.10. The number of esters is 1. The van der Waals surface area contributed by atoms with Gasteiger partial charge in [0.15, 0.2) is 11.5 Å². The number of halogens is 1. The molecule has 0 N–H and O–H groups in total. The van der Waals surface area contributed by atoms with Gasteiger partial charge in [-0.15, -0.1) is 0 Å². The van der Waals surface area contributed by atoms with E-state index in [0.717, 1.165) is 0 Å². The van der Waals surface area contributed by atoms with Crippen molar-refractivity contribution in [1.29, 1.82) is 0 Å². The molecule has 0 saturated heterocycles. The molecule has 0 heterocycles. The number of rotatable bonds is 3. The fourth-order valence-electron chi connectivity index (χ4n) is 1.11. The van der Waals surface area contributed by atoms with Crippen LogP contribution in [0.15, 0.2) is 16.6 Å². The average molecular weight is 275 g/mol. The van der Waals surface area contributed by atoms with E-state index in [1.54, 1.807) is 12.1 Å². The van der Waals surface area contributed by atoms with Gasteiger partial charge in [0.1, 0.15) is 0 Å². The fraction of sp³-hybridized carbons (Fsp3) is 0.300. The Hall–Kier alpha value is -1.23. The van der Waals surface area contributed by atoms with Crippen molar-refractivity contribution in [1.82, 2.24) is 0 Å². The average Bonchev–Trinajstić information content (AvgIpc) is 2.18. The molecule has 0 fully saturated rings. The molecule has 0 saturated carbocycles. The minimum absolute atomic E-state index is 0.280. The molecule has 0 aromatic heterocycles. The van der Waals surface area contributed by atoms with Crippen LogP contribution in [0.5, 0.6) is 17.2 Å².